The Hall–Kier alpha value is -3.27. The predicted octanol–water partition coefficient (Wildman–Crippen LogP) is 3.63. The molecule has 1 aromatic heterocycles. The van der Waals surface area contributed by atoms with Gasteiger partial charge in [0.2, 0.25) is 0 Å². The number of carbonyl (C=O) groups is 2. The fourth-order valence-corrected chi connectivity index (χ4v) is 2.75. The van der Waals surface area contributed by atoms with Crippen molar-refractivity contribution in [2.24, 2.45) is 0 Å². The number of hydrogen-bond acceptors (Lipinski definition) is 3. The molecule has 0 aliphatic heterocycles. The highest BCUT2D eigenvalue weighted by atomic mass is 16.2. The summed E-state index contributed by atoms with van der Waals surface area (Å²) in [4.78, 5) is 31.6. The van der Waals surface area contributed by atoms with Gasteiger partial charge >= 0.3 is 0 Å². The first-order chi connectivity index (χ1) is 12.7. The first-order valence-electron chi connectivity index (χ1n) is 8.51. The van der Waals surface area contributed by atoms with E-state index >= 15 is 0 Å². The van der Waals surface area contributed by atoms with Crippen LogP contribution in [0, 0.1) is 0 Å². The number of amides is 1. The Balaban J connectivity index is 1.78. The predicted molar refractivity (Wildman–Crippen MR) is 101 cm³/mol. The van der Waals surface area contributed by atoms with Gasteiger partial charge in [0.1, 0.15) is 0 Å². The first kappa shape index (κ1) is 17.5. The van der Waals surface area contributed by atoms with Gasteiger partial charge in [0, 0.05) is 43.0 Å². The van der Waals surface area contributed by atoms with Gasteiger partial charge in [-0.05, 0) is 18.2 Å². The quantitative estimate of drug-likeness (QED) is 0.642. The summed E-state index contributed by atoms with van der Waals surface area (Å²) >= 11 is 0. The van der Waals surface area contributed by atoms with Crippen LogP contribution in [-0.2, 0) is 6.42 Å². The summed E-state index contributed by atoms with van der Waals surface area (Å²) in [6.45, 7) is 0.531. The van der Waals surface area contributed by atoms with Crippen LogP contribution >= 0.6 is 0 Å². The van der Waals surface area contributed by atoms with Crippen LogP contribution in [0.25, 0.3) is 0 Å². The maximum absolute atomic E-state index is 12.9. The highest BCUT2D eigenvalue weighted by Gasteiger charge is 2.20. The standard InChI is InChI=1S/C22H20N2O2/c1-24(16-14-18-11-7-8-15-23-18)22(26)20-13-6-5-12-19(20)21(25)17-9-3-2-4-10-17/h2-13,15H,14,16H2,1H3. The molecule has 0 unspecified atom stereocenters. The number of hydrogen-bond donors (Lipinski definition) is 0. The largest absolute Gasteiger partial charge is 0.341 e. The second-order valence-corrected chi connectivity index (χ2v) is 6.04. The molecule has 26 heavy (non-hydrogen) atoms. The van der Waals surface area contributed by atoms with Crippen molar-refractivity contribution in [2.45, 2.75) is 6.42 Å². The lowest BCUT2D eigenvalue weighted by Crippen LogP contribution is -2.30. The molecule has 2 aromatic carbocycles. The number of ketones is 1. The molecule has 0 atom stereocenters. The summed E-state index contributed by atoms with van der Waals surface area (Å²) in [5.41, 5.74) is 2.35. The van der Waals surface area contributed by atoms with Crippen LogP contribution in [0.4, 0.5) is 0 Å². The maximum atomic E-state index is 12.9. The summed E-state index contributed by atoms with van der Waals surface area (Å²) in [5, 5.41) is 0. The van der Waals surface area contributed by atoms with E-state index in [1.165, 1.54) is 0 Å². The lowest BCUT2D eigenvalue weighted by atomic mass is 9.97. The molecule has 3 aromatic rings. The zero-order valence-electron chi connectivity index (χ0n) is 14.6. The monoisotopic (exact) mass is 344 g/mol. The molecule has 0 aliphatic carbocycles. The topological polar surface area (TPSA) is 50.3 Å². The Morgan fingerprint density at radius 3 is 2.19 bits per heavy atom. The van der Waals surface area contributed by atoms with E-state index in [0.29, 0.717) is 29.7 Å². The Kier molecular flexibility index (Phi) is 5.54. The van der Waals surface area contributed by atoms with Crippen molar-refractivity contribution in [3.05, 3.63) is 101 Å². The van der Waals surface area contributed by atoms with Crippen LogP contribution in [0.5, 0.6) is 0 Å². The SMILES string of the molecule is CN(CCc1ccccn1)C(=O)c1ccccc1C(=O)c1ccccc1. The highest BCUT2D eigenvalue weighted by molar-refractivity contribution is 6.15. The lowest BCUT2D eigenvalue weighted by molar-refractivity contribution is 0.0791. The van der Waals surface area contributed by atoms with E-state index in [1.807, 2.05) is 36.4 Å². The number of aromatic nitrogens is 1. The third kappa shape index (κ3) is 4.03. The fourth-order valence-electron chi connectivity index (χ4n) is 2.75. The fraction of sp³-hybridized carbons (Fsp3) is 0.136. The molecule has 1 heterocycles. The van der Waals surface area contributed by atoms with Crippen molar-refractivity contribution in [3.63, 3.8) is 0 Å². The summed E-state index contributed by atoms with van der Waals surface area (Å²) in [6, 6.07) is 21.7. The molecule has 0 fully saturated rings. The smallest absolute Gasteiger partial charge is 0.254 e. The maximum Gasteiger partial charge on any atom is 0.254 e. The molecular formula is C22H20N2O2. The highest BCUT2D eigenvalue weighted by Crippen LogP contribution is 2.16. The first-order valence-corrected chi connectivity index (χ1v) is 8.51. The van der Waals surface area contributed by atoms with E-state index in [4.69, 9.17) is 0 Å². The van der Waals surface area contributed by atoms with Crippen LogP contribution in [0.15, 0.2) is 79.0 Å². The van der Waals surface area contributed by atoms with Gasteiger partial charge < -0.3 is 4.90 Å². The van der Waals surface area contributed by atoms with Crippen LogP contribution in [0.1, 0.15) is 32.0 Å². The molecule has 3 rings (SSSR count). The van der Waals surface area contributed by atoms with Crippen LogP contribution in [0.3, 0.4) is 0 Å². The van der Waals surface area contributed by atoms with Crippen molar-refractivity contribution in [3.8, 4) is 0 Å². The average molecular weight is 344 g/mol. The molecule has 0 saturated heterocycles. The molecule has 1 amide bonds. The molecule has 0 saturated carbocycles. The number of nitrogens with zero attached hydrogens (tertiary/aromatic N) is 2. The normalized spacial score (nSPS) is 10.3. The Bertz CT molecular complexity index is 892. The van der Waals surface area contributed by atoms with E-state index in [-0.39, 0.29) is 11.7 Å². The van der Waals surface area contributed by atoms with Gasteiger partial charge in [-0.25, -0.2) is 0 Å². The van der Waals surface area contributed by atoms with Gasteiger partial charge in [0.05, 0.1) is 5.56 Å². The number of rotatable bonds is 6. The van der Waals surface area contributed by atoms with E-state index in [1.54, 1.807) is 54.5 Å². The molecule has 0 aliphatic rings. The molecule has 130 valence electrons. The van der Waals surface area contributed by atoms with Gasteiger partial charge in [0.15, 0.2) is 5.78 Å². The second kappa shape index (κ2) is 8.21. The second-order valence-electron chi connectivity index (χ2n) is 6.04. The van der Waals surface area contributed by atoms with E-state index in [2.05, 4.69) is 4.98 Å². The lowest BCUT2D eigenvalue weighted by Gasteiger charge is -2.18. The zero-order valence-corrected chi connectivity index (χ0v) is 14.6. The zero-order chi connectivity index (χ0) is 18.4. The van der Waals surface area contributed by atoms with E-state index < -0.39 is 0 Å². The van der Waals surface area contributed by atoms with E-state index in [0.717, 1.165) is 5.69 Å². The van der Waals surface area contributed by atoms with Gasteiger partial charge in [-0.1, -0.05) is 54.6 Å². The van der Waals surface area contributed by atoms with Crippen molar-refractivity contribution in [2.75, 3.05) is 13.6 Å². The Morgan fingerprint density at radius 2 is 1.50 bits per heavy atom. The molecule has 0 spiro atoms. The summed E-state index contributed by atoms with van der Waals surface area (Å²) in [6.07, 6.45) is 2.41. The number of benzene rings is 2. The minimum absolute atomic E-state index is 0.146. The average Bonchev–Trinajstić information content (AvgIpc) is 2.72. The summed E-state index contributed by atoms with van der Waals surface area (Å²) < 4.78 is 0. The Labute approximate surface area is 153 Å². The van der Waals surface area contributed by atoms with Gasteiger partial charge in [-0.15, -0.1) is 0 Å². The van der Waals surface area contributed by atoms with Crippen molar-refractivity contribution < 1.29 is 9.59 Å². The van der Waals surface area contributed by atoms with Crippen molar-refractivity contribution in [1.82, 2.24) is 9.88 Å². The van der Waals surface area contributed by atoms with E-state index in [9.17, 15) is 9.59 Å². The number of likely N-dealkylation sites (N-methyl/N-ethyl adjacent to an activating group) is 1. The molecule has 0 bridgehead atoms. The molecular weight excluding hydrogens is 324 g/mol. The van der Waals surface area contributed by atoms with Crippen molar-refractivity contribution >= 4 is 11.7 Å². The van der Waals surface area contributed by atoms with Gasteiger partial charge in [-0.2, -0.15) is 0 Å². The summed E-state index contributed by atoms with van der Waals surface area (Å²) in [5.74, 6) is -0.312. The third-order valence-corrected chi connectivity index (χ3v) is 4.21. The van der Waals surface area contributed by atoms with Gasteiger partial charge in [-0.3, -0.25) is 14.6 Å². The van der Waals surface area contributed by atoms with Crippen LogP contribution < -0.4 is 0 Å². The molecule has 4 heteroatoms. The van der Waals surface area contributed by atoms with Crippen LogP contribution in [-0.4, -0.2) is 35.2 Å². The third-order valence-electron chi connectivity index (χ3n) is 4.21. The Morgan fingerprint density at radius 1 is 0.846 bits per heavy atom. The number of pyridine rings is 1. The minimum atomic E-state index is -0.166. The molecule has 4 nitrogen and oxygen atoms in total. The molecule has 0 radical (unpaired) electrons. The number of carbonyl (C=O) groups excluding carboxylic acids is 2. The van der Waals surface area contributed by atoms with Gasteiger partial charge in [0.25, 0.3) is 5.91 Å². The van der Waals surface area contributed by atoms with Crippen LogP contribution in [0.2, 0.25) is 0 Å². The summed E-state index contributed by atoms with van der Waals surface area (Å²) in [7, 11) is 1.75. The molecule has 0 N–H and O–H groups in total. The van der Waals surface area contributed by atoms with Crippen molar-refractivity contribution in [1.29, 1.82) is 0 Å². The minimum Gasteiger partial charge on any atom is -0.341 e.